The van der Waals surface area contributed by atoms with Gasteiger partial charge in [-0.05, 0) is 26.0 Å². The Morgan fingerprint density at radius 3 is 2.33 bits per heavy atom. The first-order valence-corrected chi connectivity index (χ1v) is 6.70. The number of anilines is 1. The average molecular weight is 295 g/mol. The molecule has 0 aliphatic carbocycles. The van der Waals surface area contributed by atoms with Crippen LogP contribution in [0.25, 0.3) is 0 Å². The van der Waals surface area contributed by atoms with Crippen LogP contribution < -0.4 is 20.1 Å². The zero-order chi connectivity index (χ0) is 15.9. The van der Waals surface area contributed by atoms with Gasteiger partial charge in [0.25, 0.3) is 0 Å². The Balaban J connectivity index is 2.74. The van der Waals surface area contributed by atoms with Crippen LogP contribution in [0.3, 0.4) is 0 Å². The molecule has 0 radical (unpaired) electrons. The molecule has 0 heterocycles. The summed E-state index contributed by atoms with van der Waals surface area (Å²) in [7, 11) is 6.62. The van der Waals surface area contributed by atoms with E-state index in [0.29, 0.717) is 24.0 Å². The number of guanidine groups is 1. The third-order valence-electron chi connectivity index (χ3n) is 3.10. The highest BCUT2D eigenvalue weighted by Gasteiger charge is 2.16. The van der Waals surface area contributed by atoms with Gasteiger partial charge in [0.2, 0.25) is 0 Å². The maximum atomic E-state index is 5.37. The van der Waals surface area contributed by atoms with Crippen molar-refractivity contribution in [3.05, 3.63) is 18.2 Å². The van der Waals surface area contributed by atoms with Crippen LogP contribution in [0, 0.1) is 0 Å². The van der Waals surface area contributed by atoms with Crippen LogP contribution in [0.1, 0.15) is 13.8 Å². The van der Waals surface area contributed by atoms with Crippen molar-refractivity contribution in [1.29, 1.82) is 0 Å². The van der Waals surface area contributed by atoms with Crippen molar-refractivity contribution >= 4 is 11.6 Å². The Morgan fingerprint density at radius 2 is 1.81 bits per heavy atom. The van der Waals surface area contributed by atoms with Gasteiger partial charge in [-0.25, -0.2) is 0 Å². The monoisotopic (exact) mass is 295 g/mol. The molecule has 0 aliphatic heterocycles. The van der Waals surface area contributed by atoms with Crippen LogP contribution in [-0.2, 0) is 4.74 Å². The molecular weight excluding hydrogens is 270 g/mol. The molecule has 1 aromatic carbocycles. The molecule has 2 N–H and O–H groups in total. The summed E-state index contributed by atoms with van der Waals surface area (Å²) in [6.45, 7) is 4.64. The molecule has 0 atom stereocenters. The Hall–Kier alpha value is -1.95. The summed E-state index contributed by atoms with van der Waals surface area (Å²) >= 11 is 0. The number of ether oxygens (including phenoxy) is 3. The van der Waals surface area contributed by atoms with Gasteiger partial charge in [0.1, 0.15) is 0 Å². The van der Waals surface area contributed by atoms with Crippen LogP contribution >= 0.6 is 0 Å². The lowest BCUT2D eigenvalue weighted by Gasteiger charge is -2.24. The van der Waals surface area contributed by atoms with Crippen molar-refractivity contribution in [2.24, 2.45) is 4.99 Å². The van der Waals surface area contributed by atoms with Gasteiger partial charge in [0, 0.05) is 32.5 Å². The number of hydrogen-bond acceptors (Lipinski definition) is 4. The van der Waals surface area contributed by atoms with Gasteiger partial charge >= 0.3 is 0 Å². The number of nitrogens with one attached hydrogen (secondary N) is 2. The summed E-state index contributed by atoms with van der Waals surface area (Å²) in [4.78, 5) is 4.19. The number of aliphatic imine (C=N–C) groups is 1. The standard InChI is InChI=1S/C15H25N3O3/c1-15(2,21-6)10-17-14(16-3)18-11-7-8-12(19-4)13(9-11)20-5/h7-9H,10H2,1-6H3,(H2,16,17,18). The number of nitrogens with zero attached hydrogens (tertiary/aromatic N) is 1. The minimum Gasteiger partial charge on any atom is -0.493 e. The first-order valence-electron chi connectivity index (χ1n) is 6.70. The molecule has 0 bridgehead atoms. The summed E-state index contributed by atoms with van der Waals surface area (Å²) in [5.41, 5.74) is 0.589. The maximum absolute atomic E-state index is 5.37. The Kier molecular flexibility index (Phi) is 6.30. The van der Waals surface area contributed by atoms with Crippen molar-refractivity contribution in [3.8, 4) is 11.5 Å². The predicted molar refractivity (Wildman–Crippen MR) is 85.6 cm³/mol. The van der Waals surface area contributed by atoms with E-state index in [1.165, 1.54) is 0 Å². The fourth-order valence-corrected chi connectivity index (χ4v) is 1.60. The molecule has 1 rings (SSSR count). The maximum Gasteiger partial charge on any atom is 0.195 e. The third kappa shape index (κ3) is 5.15. The van der Waals surface area contributed by atoms with E-state index < -0.39 is 0 Å². The summed E-state index contributed by atoms with van der Waals surface area (Å²) in [6.07, 6.45) is 0. The van der Waals surface area contributed by atoms with E-state index in [1.807, 2.05) is 32.0 Å². The summed E-state index contributed by atoms with van der Waals surface area (Å²) in [5.74, 6) is 2.01. The molecule has 0 spiro atoms. The summed E-state index contributed by atoms with van der Waals surface area (Å²) in [5, 5.41) is 6.42. The molecule has 0 saturated heterocycles. The third-order valence-corrected chi connectivity index (χ3v) is 3.10. The van der Waals surface area contributed by atoms with Gasteiger partial charge < -0.3 is 24.8 Å². The quantitative estimate of drug-likeness (QED) is 0.621. The number of methoxy groups -OCH3 is 3. The molecular formula is C15H25N3O3. The number of benzene rings is 1. The number of rotatable bonds is 6. The van der Waals surface area contributed by atoms with E-state index in [4.69, 9.17) is 14.2 Å². The van der Waals surface area contributed by atoms with E-state index >= 15 is 0 Å². The molecule has 0 aliphatic rings. The molecule has 6 nitrogen and oxygen atoms in total. The van der Waals surface area contributed by atoms with E-state index in [-0.39, 0.29) is 5.60 Å². The average Bonchev–Trinajstić information content (AvgIpc) is 2.51. The molecule has 0 aromatic heterocycles. The summed E-state index contributed by atoms with van der Waals surface area (Å²) < 4.78 is 15.9. The fraction of sp³-hybridized carbons (Fsp3) is 0.533. The van der Waals surface area contributed by atoms with Crippen molar-refractivity contribution in [2.75, 3.05) is 40.2 Å². The van der Waals surface area contributed by atoms with Crippen LogP contribution in [0.2, 0.25) is 0 Å². The van der Waals surface area contributed by atoms with E-state index in [1.54, 1.807) is 28.4 Å². The van der Waals surface area contributed by atoms with Crippen molar-refractivity contribution in [3.63, 3.8) is 0 Å². The largest absolute Gasteiger partial charge is 0.493 e. The molecule has 0 amide bonds. The normalized spacial score (nSPS) is 12.0. The Morgan fingerprint density at radius 1 is 1.14 bits per heavy atom. The lowest BCUT2D eigenvalue weighted by Crippen LogP contribution is -2.42. The van der Waals surface area contributed by atoms with Crippen LogP contribution in [-0.4, -0.2) is 46.5 Å². The van der Waals surface area contributed by atoms with Gasteiger partial charge in [0.05, 0.1) is 19.8 Å². The summed E-state index contributed by atoms with van der Waals surface area (Å²) in [6, 6.07) is 5.59. The van der Waals surface area contributed by atoms with Gasteiger partial charge in [-0.2, -0.15) is 0 Å². The number of hydrogen-bond donors (Lipinski definition) is 2. The van der Waals surface area contributed by atoms with E-state index in [2.05, 4.69) is 15.6 Å². The molecule has 0 saturated carbocycles. The van der Waals surface area contributed by atoms with Crippen LogP contribution in [0.5, 0.6) is 11.5 Å². The fourth-order valence-electron chi connectivity index (χ4n) is 1.60. The van der Waals surface area contributed by atoms with Gasteiger partial charge in [-0.15, -0.1) is 0 Å². The lowest BCUT2D eigenvalue weighted by molar-refractivity contribution is 0.0270. The van der Waals surface area contributed by atoms with Crippen molar-refractivity contribution in [2.45, 2.75) is 19.4 Å². The molecule has 1 aromatic rings. The second kappa shape index (κ2) is 7.73. The smallest absolute Gasteiger partial charge is 0.195 e. The topological polar surface area (TPSA) is 64.1 Å². The van der Waals surface area contributed by atoms with Crippen LogP contribution in [0.15, 0.2) is 23.2 Å². The van der Waals surface area contributed by atoms with Crippen molar-refractivity contribution in [1.82, 2.24) is 5.32 Å². The minimum atomic E-state index is -0.269. The Labute approximate surface area is 126 Å². The molecule has 0 unspecified atom stereocenters. The second-order valence-corrected chi connectivity index (χ2v) is 5.08. The van der Waals surface area contributed by atoms with E-state index in [0.717, 1.165) is 5.69 Å². The van der Waals surface area contributed by atoms with Gasteiger partial charge in [-0.1, -0.05) is 0 Å². The SMILES string of the molecule is CN=C(NCC(C)(C)OC)Nc1ccc(OC)c(OC)c1. The first kappa shape index (κ1) is 17.1. The second-order valence-electron chi connectivity index (χ2n) is 5.08. The minimum absolute atomic E-state index is 0.269. The molecule has 0 fully saturated rings. The zero-order valence-corrected chi connectivity index (χ0v) is 13.6. The highest BCUT2D eigenvalue weighted by molar-refractivity contribution is 5.93. The molecule has 6 heteroatoms. The van der Waals surface area contributed by atoms with Crippen LogP contribution in [0.4, 0.5) is 5.69 Å². The van der Waals surface area contributed by atoms with Gasteiger partial charge in [-0.3, -0.25) is 4.99 Å². The van der Waals surface area contributed by atoms with E-state index in [9.17, 15) is 0 Å². The zero-order valence-electron chi connectivity index (χ0n) is 13.6. The predicted octanol–water partition coefficient (Wildman–Crippen LogP) is 2.12. The lowest BCUT2D eigenvalue weighted by atomic mass is 10.1. The van der Waals surface area contributed by atoms with Crippen molar-refractivity contribution < 1.29 is 14.2 Å². The first-order chi connectivity index (χ1) is 9.95. The van der Waals surface area contributed by atoms with Gasteiger partial charge in [0.15, 0.2) is 17.5 Å². The highest BCUT2D eigenvalue weighted by atomic mass is 16.5. The molecule has 21 heavy (non-hydrogen) atoms. The molecule has 118 valence electrons. The Bertz CT molecular complexity index is 487. The highest BCUT2D eigenvalue weighted by Crippen LogP contribution is 2.29.